The molecule has 27 heavy (non-hydrogen) atoms. The number of benzene rings is 2. The third kappa shape index (κ3) is 3.44. The average Bonchev–Trinajstić information content (AvgIpc) is 2.66. The maximum absolute atomic E-state index is 12.4. The van der Waals surface area contributed by atoms with Crippen molar-refractivity contribution in [2.45, 2.75) is 18.9 Å². The fraction of sp³-hybridized carbons (Fsp3) is 0.190. The third-order valence-corrected chi connectivity index (χ3v) is 6.01. The number of rotatable bonds is 4. The third-order valence-electron chi connectivity index (χ3n) is 4.83. The van der Waals surface area contributed by atoms with E-state index in [1.54, 1.807) is 6.08 Å². The van der Waals surface area contributed by atoms with E-state index in [0.717, 1.165) is 44.4 Å². The van der Waals surface area contributed by atoms with E-state index in [9.17, 15) is 4.79 Å². The Balaban J connectivity index is 1.78. The quantitative estimate of drug-likeness (QED) is 0.558. The number of hydrogen-bond acceptors (Lipinski definition) is 2. The molecule has 1 unspecified atom stereocenters. The smallest absolute Gasteiger partial charge is 0.319 e. The number of carbonyl (C=O) groups excluding carboxylic acids is 1. The van der Waals surface area contributed by atoms with E-state index in [1.807, 2.05) is 24.3 Å². The summed E-state index contributed by atoms with van der Waals surface area (Å²) in [4.78, 5) is 12.4. The Morgan fingerprint density at radius 1 is 1.19 bits per heavy atom. The van der Waals surface area contributed by atoms with Crippen LogP contribution in [-0.2, 0) is 6.42 Å². The van der Waals surface area contributed by atoms with Crippen LogP contribution in [0.4, 0.5) is 4.79 Å². The molecule has 2 amide bonds. The van der Waals surface area contributed by atoms with Crippen molar-refractivity contribution in [2.24, 2.45) is 0 Å². The van der Waals surface area contributed by atoms with Gasteiger partial charge in [0.1, 0.15) is 12.4 Å². The van der Waals surface area contributed by atoms with Gasteiger partial charge in [-0.1, -0.05) is 36.9 Å². The highest BCUT2D eigenvalue weighted by molar-refractivity contribution is 9.11. The predicted molar refractivity (Wildman–Crippen MR) is 114 cm³/mol. The Bertz CT molecular complexity index is 945. The molecule has 1 aliphatic carbocycles. The Hall–Kier alpha value is -2.05. The minimum absolute atomic E-state index is 0.178. The van der Waals surface area contributed by atoms with Gasteiger partial charge in [-0.2, -0.15) is 0 Å². The van der Waals surface area contributed by atoms with Crippen molar-refractivity contribution >= 4 is 43.6 Å². The van der Waals surface area contributed by atoms with Crippen LogP contribution >= 0.6 is 31.9 Å². The van der Waals surface area contributed by atoms with Crippen molar-refractivity contribution in [3.63, 3.8) is 0 Å². The lowest BCUT2D eigenvalue weighted by molar-refractivity contribution is 0.240. The zero-order valence-electron chi connectivity index (χ0n) is 14.5. The first-order valence-corrected chi connectivity index (χ1v) is 10.3. The van der Waals surface area contributed by atoms with Gasteiger partial charge in [0, 0.05) is 5.56 Å². The molecule has 138 valence electrons. The first-order chi connectivity index (χ1) is 13.1. The van der Waals surface area contributed by atoms with Crippen LogP contribution in [0.1, 0.15) is 29.2 Å². The van der Waals surface area contributed by atoms with Crippen molar-refractivity contribution in [2.75, 3.05) is 6.61 Å². The van der Waals surface area contributed by atoms with Gasteiger partial charge in [-0.25, -0.2) is 4.79 Å². The average molecular weight is 490 g/mol. The molecule has 0 spiro atoms. The van der Waals surface area contributed by atoms with Gasteiger partial charge in [0.2, 0.25) is 0 Å². The van der Waals surface area contributed by atoms with Crippen molar-refractivity contribution in [3.05, 3.63) is 80.3 Å². The van der Waals surface area contributed by atoms with Crippen LogP contribution in [0.15, 0.2) is 63.6 Å². The van der Waals surface area contributed by atoms with Gasteiger partial charge in [0.25, 0.3) is 0 Å². The Kier molecular flexibility index (Phi) is 5.10. The Morgan fingerprint density at radius 2 is 1.93 bits per heavy atom. The topological polar surface area (TPSA) is 50.4 Å². The summed E-state index contributed by atoms with van der Waals surface area (Å²) in [6.45, 7) is 4.11. The van der Waals surface area contributed by atoms with E-state index in [0.29, 0.717) is 6.61 Å². The predicted octanol–water partition coefficient (Wildman–Crippen LogP) is 5.49. The van der Waals surface area contributed by atoms with Gasteiger partial charge in [-0.15, -0.1) is 0 Å². The molecule has 1 atom stereocenters. The van der Waals surface area contributed by atoms with Gasteiger partial charge in [-0.05, 0) is 73.5 Å². The van der Waals surface area contributed by atoms with Crippen LogP contribution in [0.5, 0.6) is 5.75 Å². The second kappa shape index (κ2) is 7.52. The first-order valence-electron chi connectivity index (χ1n) is 8.70. The molecule has 2 aromatic carbocycles. The summed E-state index contributed by atoms with van der Waals surface area (Å²) in [6, 6.07) is 11.9. The molecule has 1 aliphatic heterocycles. The summed E-state index contributed by atoms with van der Waals surface area (Å²) in [5.41, 5.74) is 5.52. The van der Waals surface area contributed by atoms with Crippen molar-refractivity contribution in [3.8, 4) is 5.75 Å². The van der Waals surface area contributed by atoms with Crippen LogP contribution in [-0.4, -0.2) is 12.6 Å². The molecule has 0 bridgehead atoms. The molecule has 2 aliphatic rings. The summed E-state index contributed by atoms with van der Waals surface area (Å²) >= 11 is 7.18. The molecule has 0 aromatic heterocycles. The highest BCUT2D eigenvalue weighted by atomic mass is 79.9. The summed E-state index contributed by atoms with van der Waals surface area (Å²) in [5, 5.41) is 6.09. The highest BCUT2D eigenvalue weighted by Gasteiger charge is 2.32. The second-order valence-corrected chi connectivity index (χ2v) is 8.21. The van der Waals surface area contributed by atoms with E-state index in [-0.39, 0.29) is 12.1 Å². The van der Waals surface area contributed by atoms with Crippen molar-refractivity contribution < 1.29 is 9.53 Å². The first kappa shape index (κ1) is 18.3. The molecule has 0 saturated heterocycles. The van der Waals surface area contributed by atoms with Gasteiger partial charge >= 0.3 is 6.03 Å². The summed E-state index contributed by atoms with van der Waals surface area (Å²) in [7, 11) is 0. The summed E-state index contributed by atoms with van der Waals surface area (Å²) in [5.74, 6) is 0.724. The van der Waals surface area contributed by atoms with Gasteiger partial charge in [0.15, 0.2) is 0 Å². The van der Waals surface area contributed by atoms with Crippen LogP contribution in [0.25, 0.3) is 5.70 Å². The van der Waals surface area contributed by atoms with E-state index < -0.39 is 0 Å². The summed E-state index contributed by atoms with van der Waals surface area (Å²) in [6.07, 6.45) is 3.57. The zero-order chi connectivity index (χ0) is 19.0. The number of aryl methyl sites for hydroxylation is 1. The number of urea groups is 1. The molecule has 2 aromatic rings. The molecule has 1 heterocycles. The highest BCUT2D eigenvalue weighted by Crippen LogP contribution is 2.42. The monoisotopic (exact) mass is 488 g/mol. The van der Waals surface area contributed by atoms with Crippen LogP contribution in [0.3, 0.4) is 0 Å². The molecule has 0 saturated carbocycles. The number of fused-ring (bicyclic) bond motifs is 2. The Labute approximate surface area is 174 Å². The Morgan fingerprint density at radius 3 is 2.67 bits per heavy atom. The normalized spacial score (nSPS) is 18.1. The maximum Gasteiger partial charge on any atom is 0.319 e. The van der Waals surface area contributed by atoms with Gasteiger partial charge < -0.3 is 15.4 Å². The van der Waals surface area contributed by atoms with Crippen LogP contribution in [0, 0.1) is 0 Å². The fourth-order valence-electron chi connectivity index (χ4n) is 3.66. The molecule has 4 nitrogen and oxygen atoms in total. The van der Waals surface area contributed by atoms with E-state index >= 15 is 0 Å². The molecule has 0 radical (unpaired) electrons. The van der Waals surface area contributed by atoms with E-state index in [1.165, 1.54) is 11.1 Å². The van der Waals surface area contributed by atoms with Crippen LogP contribution in [0.2, 0.25) is 0 Å². The second-order valence-electron chi connectivity index (χ2n) is 6.50. The molecule has 2 N–H and O–H groups in total. The minimum atomic E-state index is -0.185. The number of amides is 2. The minimum Gasteiger partial charge on any atom is -0.487 e. The molecular formula is C21H18Br2N2O2. The standard InChI is InChI=1S/C21H18Br2N2O2/c1-2-9-27-20-16(22)10-13(11-17(20)23)18-15-8-7-12-5-3-4-6-14(12)19(15)25-21(26)24-18/h2-6,10-11,18H,1,7-9H2,(H2,24,25,26). The molecule has 6 heteroatoms. The number of halogens is 2. The number of ether oxygens (including phenoxy) is 1. The lowest BCUT2D eigenvalue weighted by atomic mass is 9.83. The van der Waals surface area contributed by atoms with Crippen molar-refractivity contribution in [1.82, 2.24) is 10.6 Å². The number of nitrogens with one attached hydrogen (secondary N) is 2. The van der Waals surface area contributed by atoms with Crippen molar-refractivity contribution in [1.29, 1.82) is 0 Å². The molecule has 0 fully saturated rings. The van der Waals surface area contributed by atoms with Crippen LogP contribution < -0.4 is 15.4 Å². The van der Waals surface area contributed by atoms with Gasteiger partial charge in [0.05, 0.1) is 20.7 Å². The van der Waals surface area contributed by atoms with E-state index in [2.05, 4.69) is 61.2 Å². The lowest BCUT2D eigenvalue weighted by Gasteiger charge is -2.34. The van der Waals surface area contributed by atoms with Gasteiger partial charge in [-0.3, -0.25) is 0 Å². The van der Waals surface area contributed by atoms with E-state index in [4.69, 9.17) is 4.74 Å². The molecular weight excluding hydrogens is 472 g/mol. The number of hydrogen-bond donors (Lipinski definition) is 2. The fourth-order valence-corrected chi connectivity index (χ4v) is 5.12. The SMILES string of the molecule is C=CCOc1c(Br)cc(C2NC(=O)NC3=C2CCc2ccccc23)cc1Br. The summed E-state index contributed by atoms with van der Waals surface area (Å²) < 4.78 is 7.38. The molecule has 4 rings (SSSR count). The maximum atomic E-state index is 12.4. The zero-order valence-corrected chi connectivity index (χ0v) is 17.7. The number of carbonyl (C=O) groups is 1. The lowest BCUT2D eigenvalue weighted by Crippen LogP contribution is -2.44. The largest absolute Gasteiger partial charge is 0.487 e.